The number of hydrazone groups is 1. The number of hydrogen-bond acceptors (Lipinski definition) is 3. The van der Waals surface area contributed by atoms with Gasteiger partial charge in [-0.3, -0.25) is 4.79 Å². The first-order valence-electron chi connectivity index (χ1n) is 6.03. The number of thioether (sulfide) groups is 1. The molecule has 0 saturated heterocycles. The van der Waals surface area contributed by atoms with Crippen LogP contribution in [0.4, 0.5) is 4.39 Å². The fourth-order valence-electron chi connectivity index (χ4n) is 1.92. The van der Waals surface area contributed by atoms with Crippen LogP contribution in [0.15, 0.2) is 28.2 Å². The van der Waals surface area contributed by atoms with E-state index >= 15 is 0 Å². The van der Waals surface area contributed by atoms with Crippen LogP contribution in [0.5, 0.6) is 0 Å². The first-order chi connectivity index (χ1) is 8.74. The van der Waals surface area contributed by atoms with Crippen molar-refractivity contribution in [1.82, 2.24) is 5.43 Å². The molecule has 0 radical (unpaired) electrons. The molecule has 1 N–H and O–H groups in total. The summed E-state index contributed by atoms with van der Waals surface area (Å²) in [4.78, 5) is 12.6. The smallest absolute Gasteiger partial charge is 0.243 e. The van der Waals surface area contributed by atoms with E-state index in [9.17, 15) is 9.18 Å². The van der Waals surface area contributed by atoms with Gasteiger partial charge in [0.1, 0.15) is 5.82 Å². The molecule has 1 aliphatic heterocycles. The van der Waals surface area contributed by atoms with Crippen molar-refractivity contribution in [3.05, 3.63) is 29.6 Å². The summed E-state index contributed by atoms with van der Waals surface area (Å²) in [5.74, 6) is 0.770. The molecule has 2 aliphatic rings. The summed E-state index contributed by atoms with van der Waals surface area (Å²) in [6.45, 7) is 0. The number of benzene rings is 1. The molecule has 0 spiro atoms. The Morgan fingerprint density at radius 1 is 1.44 bits per heavy atom. The molecule has 0 aromatic heterocycles. The highest BCUT2D eigenvalue weighted by Crippen LogP contribution is 2.31. The lowest BCUT2D eigenvalue weighted by Crippen LogP contribution is -2.22. The van der Waals surface area contributed by atoms with Gasteiger partial charge in [-0.1, -0.05) is 0 Å². The van der Waals surface area contributed by atoms with Crippen molar-refractivity contribution in [3.8, 4) is 0 Å². The van der Waals surface area contributed by atoms with E-state index in [0.29, 0.717) is 0 Å². The van der Waals surface area contributed by atoms with E-state index in [-0.39, 0.29) is 17.6 Å². The zero-order valence-corrected chi connectivity index (χ0v) is 10.6. The minimum atomic E-state index is -0.266. The molecule has 1 heterocycles. The van der Waals surface area contributed by atoms with Crippen LogP contribution in [0.25, 0.3) is 0 Å². The number of rotatable bonds is 2. The maximum Gasteiger partial charge on any atom is 0.243 e. The van der Waals surface area contributed by atoms with Crippen molar-refractivity contribution in [2.75, 3.05) is 5.75 Å². The first-order valence-corrected chi connectivity index (χ1v) is 7.02. The number of fused-ring (bicyclic) bond motifs is 1. The lowest BCUT2D eigenvalue weighted by molar-refractivity contribution is -0.122. The molecule has 3 nitrogen and oxygen atoms in total. The van der Waals surface area contributed by atoms with Crippen LogP contribution in [-0.2, 0) is 4.79 Å². The van der Waals surface area contributed by atoms with Gasteiger partial charge in [0.15, 0.2) is 0 Å². The van der Waals surface area contributed by atoms with Crippen molar-refractivity contribution in [1.29, 1.82) is 0 Å². The van der Waals surface area contributed by atoms with E-state index in [1.165, 1.54) is 12.1 Å². The number of amides is 1. The Kier molecular flexibility index (Phi) is 3.07. The van der Waals surface area contributed by atoms with Crippen LogP contribution in [0.1, 0.15) is 24.8 Å². The van der Waals surface area contributed by atoms with Gasteiger partial charge in [0.25, 0.3) is 0 Å². The fraction of sp³-hybridized carbons (Fsp3) is 0.385. The maximum absolute atomic E-state index is 13.3. The molecular formula is C13H13FN2OS. The monoisotopic (exact) mass is 264 g/mol. The van der Waals surface area contributed by atoms with Gasteiger partial charge >= 0.3 is 0 Å². The summed E-state index contributed by atoms with van der Waals surface area (Å²) in [6.07, 6.45) is 2.67. The van der Waals surface area contributed by atoms with Gasteiger partial charge in [-0.15, -0.1) is 11.8 Å². The van der Waals surface area contributed by atoms with E-state index in [1.54, 1.807) is 17.8 Å². The van der Waals surface area contributed by atoms with Crippen LogP contribution in [0.3, 0.4) is 0 Å². The Bertz CT molecular complexity index is 526. The molecule has 1 aromatic carbocycles. The predicted molar refractivity (Wildman–Crippen MR) is 69.1 cm³/mol. The maximum atomic E-state index is 13.3. The third kappa shape index (κ3) is 2.41. The van der Waals surface area contributed by atoms with E-state index in [4.69, 9.17) is 0 Å². The standard InChI is InChI=1S/C13H13FN2OS/c14-9-3-4-12-10(7-9)11(5-6-18-12)15-16-13(17)8-1-2-8/h3-4,7-8H,1-2,5-6H2,(H,16,17)/b15-11+. The number of nitrogens with zero attached hydrogens (tertiary/aromatic N) is 1. The Balaban J connectivity index is 1.83. The Labute approximate surface area is 109 Å². The zero-order chi connectivity index (χ0) is 12.5. The molecule has 0 bridgehead atoms. The molecule has 1 fully saturated rings. The second kappa shape index (κ2) is 4.72. The van der Waals surface area contributed by atoms with E-state index in [0.717, 1.165) is 41.2 Å². The van der Waals surface area contributed by atoms with E-state index in [2.05, 4.69) is 10.5 Å². The van der Waals surface area contributed by atoms with Crippen LogP contribution in [0, 0.1) is 11.7 Å². The molecule has 5 heteroatoms. The summed E-state index contributed by atoms with van der Waals surface area (Å²) in [7, 11) is 0. The molecule has 0 unspecified atom stereocenters. The van der Waals surface area contributed by atoms with E-state index in [1.807, 2.05) is 0 Å². The normalized spacial score (nSPS) is 20.6. The average molecular weight is 264 g/mol. The van der Waals surface area contributed by atoms with Crippen LogP contribution in [-0.4, -0.2) is 17.4 Å². The van der Waals surface area contributed by atoms with E-state index < -0.39 is 0 Å². The highest BCUT2D eigenvalue weighted by molar-refractivity contribution is 7.99. The predicted octanol–water partition coefficient (Wildman–Crippen LogP) is 2.55. The Morgan fingerprint density at radius 3 is 3.06 bits per heavy atom. The second-order valence-electron chi connectivity index (χ2n) is 4.55. The van der Waals surface area contributed by atoms with Gasteiger partial charge < -0.3 is 0 Å². The van der Waals surface area contributed by atoms with Gasteiger partial charge in [0.05, 0.1) is 5.71 Å². The van der Waals surface area contributed by atoms with Crippen molar-refractivity contribution < 1.29 is 9.18 Å². The molecule has 1 amide bonds. The molecule has 1 aliphatic carbocycles. The van der Waals surface area contributed by atoms with Crippen molar-refractivity contribution in [2.24, 2.45) is 11.0 Å². The zero-order valence-electron chi connectivity index (χ0n) is 9.78. The Hall–Kier alpha value is -1.36. The summed E-state index contributed by atoms with van der Waals surface area (Å²) >= 11 is 1.69. The SMILES string of the molecule is O=C(N/N=C1\CCSc2ccc(F)cc21)C1CC1. The number of carbonyl (C=O) groups is 1. The second-order valence-corrected chi connectivity index (χ2v) is 5.68. The molecule has 0 atom stereocenters. The molecule has 18 heavy (non-hydrogen) atoms. The number of halogens is 1. The van der Waals surface area contributed by atoms with Crippen molar-refractivity contribution in [2.45, 2.75) is 24.2 Å². The van der Waals surface area contributed by atoms with Crippen LogP contribution < -0.4 is 5.43 Å². The largest absolute Gasteiger partial charge is 0.273 e. The highest BCUT2D eigenvalue weighted by Gasteiger charge is 2.29. The van der Waals surface area contributed by atoms with Gasteiger partial charge in [-0.05, 0) is 31.0 Å². The van der Waals surface area contributed by atoms with Crippen molar-refractivity contribution in [3.63, 3.8) is 0 Å². The van der Waals surface area contributed by atoms with Crippen LogP contribution in [0.2, 0.25) is 0 Å². The summed E-state index contributed by atoms with van der Waals surface area (Å²) in [5, 5.41) is 4.16. The summed E-state index contributed by atoms with van der Waals surface area (Å²) in [6, 6.07) is 4.72. The minimum absolute atomic E-state index is 0.0151. The van der Waals surface area contributed by atoms with Gasteiger partial charge in [-0.2, -0.15) is 5.10 Å². The quantitative estimate of drug-likeness (QED) is 0.834. The van der Waals surface area contributed by atoms with Gasteiger partial charge in [-0.25, -0.2) is 9.82 Å². The third-order valence-corrected chi connectivity index (χ3v) is 4.17. The molecule has 94 valence electrons. The fourth-order valence-corrected chi connectivity index (χ4v) is 2.93. The first kappa shape index (κ1) is 11.7. The van der Waals surface area contributed by atoms with Crippen LogP contribution >= 0.6 is 11.8 Å². The Morgan fingerprint density at radius 2 is 2.28 bits per heavy atom. The third-order valence-electron chi connectivity index (χ3n) is 3.10. The number of hydrogen-bond donors (Lipinski definition) is 1. The average Bonchev–Trinajstić information content (AvgIpc) is 3.20. The van der Waals surface area contributed by atoms with Gasteiger partial charge in [0, 0.05) is 28.6 Å². The highest BCUT2D eigenvalue weighted by atomic mass is 32.2. The number of nitrogens with one attached hydrogen (secondary N) is 1. The molecule has 1 saturated carbocycles. The topological polar surface area (TPSA) is 41.5 Å². The summed E-state index contributed by atoms with van der Waals surface area (Å²) < 4.78 is 13.3. The van der Waals surface area contributed by atoms with Crippen molar-refractivity contribution >= 4 is 23.4 Å². The molecular weight excluding hydrogens is 251 g/mol. The number of carbonyl (C=O) groups excluding carboxylic acids is 1. The molecule has 3 rings (SSSR count). The lowest BCUT2D eigenvalue weighted by atomic mass is 10.1. The van der Waals surface area contributed by atoms with Gasteiger partial charge in [0.2, 0.25) is 5.91 Å². The lowest BCUT2D eigenvalue weighted by Gasteiger charge is -2.17. The molecule has 1 aromatic rings. The minimum Gasteiger partial charge on any atom is -0.273 e. The summed E-state index contributed by atoms with van der Waals surface area (Å²) in [5.41, 5.74) is 4.17.